The van der Waals surface area contributed by atoms with Crippen molar-refractivity contribution in [3.05, 3.63) is 41.5 Å². The SMILES string of the molecule is CC1(C)C=C(c2ccccc2C2CCCN(CC3CC3)CC2)CC(C)(C)C1. The number of benzene rings is 1. The van der Waals surface area contributed by atoms with E-state index in [4.69, 9.17) is 0 Å². The smallest absolute Gasteiger partial charge is 0.000966 e. The number of likely N-dealkylation sites (tertiary alicyclic amines) is 1. The molecule has 4 rings (SSSR count). The molecule has 1 heterocycles. The molecule has 3 aliphatic rings. The van der Waals surface area contributed by atoms with Crippen LogP contribution in [0, 0.1) is 16.7 Å². The van der Waals surface area contributed by atoms with Gasteiger partial charge in [-0.25, -0.2) is 0 Å². The predicted molar refractivity (Wildman–Crippen MR) is 117 cm³/mol. The van der Waals surface area contributed by atoms with Crippen molar-refractivity contribution in [3.8, 4) is 0 Å². The molecule has 1 saturated carbocycles. The monoisotopic (exact) mass is 365 g/mol. The highest BCUT2D eigenvalue weighted by Gasteiger charge is 2.34. The first-order valence-electron chi connectivity index (χ1n) is 11.3. The van der Waals surface area contributed by atoms with Gasteiger partial charge in [0.15, 0.2) is 0 Å². The van der Waals surface area contributed by atoms with Crippen molar-refractivity contribution in [3.63, 3.8) is 0 Å². The Hall–Kier alpha value is -1.08. The van der Waals surface area contributed by atoms with Crippen LogP contribution in [0.5, 0.6) is 0 Å². The zero-order valence-electron chi connectivity index (χ0n) is 18.1. The van der Waals surface area contributed by atoms with Crippen LogP contribution in [-0.4, -0.2) is 24.5 Å². The van der Waals surface area contributed by atoms with E-state index in [0.29, 0.717) is 10.8 Å². The summed E-state index contributed by atoms with van der Waals surface area (Å²) in [6.45, 7) is 13.7. The molecule has 27 heavy (non-hydrogen) atoms. The first-order chi connectivity index (χ1) is 12.8. The Kier molecular flexibility index (Phi) is 5.27. The van der Waals surface area contributed by atoms with Gasteiger partial charge >= 0.3 is 0 Å². The van der Waals surface area contributed by atoms with Crippen LogP contribution in [0.3, 0.4) is 0 Å². The minimum absolute atomic E-state index is 0.300. The lowest BCUT2D eigenvalue weighted by Gasteiger charge is -2.40. The molecule has 1 saturated heterocycles. The molecule has 0 bridgehead atoms. The van der Waals surface area contributed by atoms with Crippen LogP contribution >= 0.6 is 0 Å². The number of rotatable bonds is 4. The molecule has 0 N–H and O–H groups in total. The minimum Gasteiger partial charge on any atom is -0.303 e. The van der Waals surface area contributed by atoms with Gasteiger partial charge in [0, 0.05) is 6.54 Å². The van der Waals surface area contributed by atoms with Crippen LogP contribution in [-0.2, 0) is 0 Å². The van der Waals surface area contributed by atoms with Crippen molar-refractivity contribution in [2.24, 2.45) is 16.7 Å². The summed E-state index contributed by atoms with van der Waals surface area (Å²) >= 11 is 0. The summed E-state index contributed by atoms with van der Waals surface area (Å²) in [5.41, 5.74) is 5.48. The first kappa shape index (κ1) is 19.2. The molecule has 1 heteroatoms. The predicted octanol–water partition coefficient (Wildman–Crippen LogP) is 6.90. The van der Waals surface area contributed by atoms with Crippen LogP contribution < -0.4 is 0 Å². The zero-order chi connectivity index (χ0) is 19.1. The van der Waals surface area contributed by atoms with Gasteiger partial charge in [-0.2, -0.15) is 0 Å². The van der Waals surface area contributed by atoms with E-state index in [1.54, 1.807) is 16.7 Å². The molecule has 1 aromatic rings. The van der Waals surface area contributed by atoms with Gasteiger partial charge in [-0.05, 0) is 97.4 Å². The average Bonchev–Trinajstić information content (AvgIpc) is 3.40. The van der Waals surface area contributed by atoms with E-state index in [2.05, 4.69) is 62.9 Å². The van der Waals surface area contributed by atoms with Gasteiger partial charge in [0.1, 0.15) is 0 Å². The summed E-state index contributed by atoms with van der Waals surface area (Å²) in [4.78, 5) is 2.76. The Morgan fingerprint density at radius 2 is 1.74 bits per heavy atom. The molecule has 1 aromatic carbocycles. The zero-order valence-corrected chi connectivity index (χ0v) is 18.1. The fourth-order valence-corrected chi connectivity index (χ4v) is 6.02. The molecule has 0 aromatic heterocycles. The van der Waals surface area contributed by atoms with Crippen LogP contribution in [0.2, 0.25) is 0 Å². The third kappa shape index (κ3) is 4.86. The highest BCUT2D eigenvalue weighted by atomic mass is 15.1. The van der Waals surface area contributed by atoms with Crippen molar-refractivity contribution in [1.82, 2.24) is 4.90 Å². The third-order valence-electron chi connectivity index (χ3n) is 6.95. The summed E-state index contributed by atoms with van der Waals surface area (Å²) in [5, 5.41) is 0. The Morgan fingerprint density at radius 3 is 2.48 bits per heavy atom. The highest BCUT2D eigenvalue weighted by molar-refractivity contribution is 5.71. The standard InChI is InChI=1S/C26H39N/c1-25(2)16-22(17-26(3,4)19-25)24-10-6-5-9-23(24)21-8-7-14-27(15-13-21)18-20-11-12-20/h5-6,9-10,16,20-21H,7-8,11-15,17-19H2,1-4H3. The molecular formula is C26H39N. The topological polar surface area (TPSA) is 3.24 Å². The molecule has 1 atom stereocenters. The average molecular weight is 366 g/mol. The van der Waals surface area contributed by atoms with E-state index >= 15 is 0 Å². The quantitative estimate of drug-likeness (QED) is 0.561. The van der Waals surface area contributed by atoms with Gasteiger partial charge in [0.2, 0.25) is 0 Å². The Labute approximate surface area is 167 Å². The lowest BCUT2D eigenvalue weighted by molar-refractivity contribution is 0.228. The van der Waals surface area contributed by atoms with E-state index in [1.165, 1.54) is 64.6 Å². The molecule has 1 nitrogen and oxygen atoms in total. The largest absolute Gasteiger partial charge is 0.303 e. The minimum atomic E-state index is 0.300. The van der Waals surface area contributed by atoms with Crippen molar-refractivity contribution in [2.75, 3.05) is 19.6 Å². The van der Waals surface area contributed by atoms with E-state index in [-0.39, 0.29) is 0 Å². The second-order valence-corrected chi connectivity index (χ2v) is 11.1. The number of hydrogen-bond acceptors (Lipinski definition) is 1. The van der Waals surface area contributed by atoms with E-state index in [0.717, 1.165) is 11.8 Å². The van der Waals surface area contributed by atoms with Crippen molar-refractivity contribution in [2.45, 2.75) is 78.6 Å². The second-order valence-electron chi connectivity index (χ2n) is 11.1. The lowest BCUT2D eigenvalue weighted by Crippen LogP contribution is -2.27. The molecule has 148 valence electrons. The molecular weight excluding hydrogens is 326 g/mol. The first-order valence-corrected chi connectivity index (χ1v) is 11.3. The Morgan fingerprint density at radius 1 is 0.963 bits per heavy atom. The molecule has 0 radical (unpaired) electrons. The van der Waals surface area contributed by atoms with Gasteiger partial charge < -0.3 is 4.90 Å². The molecule has 2 aliphatic carbocycles. The molecule has 1 unspecified atom stereocenters. The van der Waals surface area contributed by atoms with Crippen molar-refractivity contribution >= 4 is 5.57 Å². The van der Waals surface area contributed by atoms with Crippen LogP contribution in [0.25, 0.3) is 5.57 Å². The van der Waals surface area contributed by atoms with Gasteiger partial charge in [0.25, 0.3) is 0 Å². The van der Waals surface area contributed by atoms with E-state index in [9.17, 15) is 0 Å². The highest BCUT2D eigenvalue weighted by Crippen LogP contribution is 2.48. The van der Waals surface area contributed by atoms with Crippen LogP contribution in [0.15, 0.2) is 30.3 Å². The molecule has 2 fully saturated rings. The third-order valence-corrected chi connectivity index (χ3v) is 6.95. The Balaban J connectivity index is 1.57. The molecule has 1 aliphatic heterocycles. The molecule has 0 spiro atoms. The second kappa shape index (κ2) is 7.39. The lowest BCUT2D eigenvalue weighted by atomic mass is 9.65. The summed E-state index contributed by atoms with van der Waals surface area (Å²) < 4.78 is 0. The Bertz CT molecular complexity index is 692. The fraction of sp³-hybridized carbons (Fsp3) is 0.692. The summed E-state index contributed by atoms with van der Waals surface area (Å²) in [5.74, 6) is 1.75. The summed E-state index contributed by atoms with van der Waals surface area (Å²) in [6.07, 6.45) is 12.1. The number of hydrogen-bond donors (Lipinski definition) is 0. The van der Waals surface area contributed by atoms with E-state index in [1.807, 2.05) is 0 Å². The fourth-order valence-electron chi connectivity index (χ4n) is 6.02. The number of allylic oxidation sites excluding steroid dienone is 2. The summed E-state index contributed by atoms with van der Waals surface area (Å²) in [7, 11) is 0. The normalized spacial score (nSPS) is 28.4. The van der Waals surface area contributed by atoms with Gasteiger partial charge in [-0.3, -0.25) is 0 Å². The van der Waals surface area contributed by atoms with Gasteiger partial charge in [0.05, 0.1) is 0 Å². The van der Waals surface area contributed by atoms with Gasteiger partial charge in [-0.1, -0.05) is 58.0 Å². The maximum Gasteiger partial charge on any atom is 0.000966 e. The number of nitrogens with zero attached hydrogens (tertiary/aromatic N) is 1. The summed E-state index contributed by atoms with van der Waals surface area (Å²) in [6, 6.07) is 9.37. The van der Waals surface area contributed by atoms with E-state index < -0.39 is 0 Å². The van der Waals surface area contributed by atoms with Crippen LogP contribution in [0.4, 0.5) is 0 Å². The van der Waals surface area contributed by atoms with Crippen molar-refractivity contribution < 1.29 is 0 Å². The maximum atomic E-state index is 2.76. The van der Waals surface area contributed by atoms with Gasteiger partial charge in [-0.15, -0.1) is 0 Å². The van der Waals surface area contributed by atoms with Crippen LogP contribution in [0.1, 0.15) is 89.7 Å². The molecule has 0 amide bonds. The maximum absolute atomic E-state index is 2.76. The van der Waals surface area contributed by atoms with Crippen molar-refractivity contribution in [1.29, 1.82) is 0 Å².